The lowest BCUT2D eigenvalue weighted by atomic mass is 9.70. The van der Waals surface area contributed by atoms with E-state index in [1.165, 1.54) is 18.6 Å². The summed E-state index contributed by atoms with van der Waals surface area (Å²) in [7, 11) is 0. The molecule has 92 valence electrons. The quantitative estimate of drug-likeness (QED) is 0.420. The summed E-state index contributed by atoms with van der Waals surface area (Å²) in [6.07, 6.45) is 3.58. The van der Waals surface area contributed by atoms with E-state index in [1.807, 2.05) is 0 Å². The summed E-state index contributed by atoms with van der Waals surface area (Å²) in [5.74, 6) is 0.794. The molecule has 2 atom stereocenters. The maximum Gasteiger partial charge on any atom is 0.211 e. The Morgan fingerprint density at radius 3 is 2.31 bits per heavy atom. The van der Waals surface area contributed by atoms with Crippen molar-refractivity contribution >= 4 is 24.1 Å². The van der Waals surface area contributed by atoms with Crippen molar-refractivity contribution in [2.75, 3.05) is 0 Å². The lowest BCUT2D eigenvalue weighted by molar-refractivity contribution is 0.194. The van der Waals surface area contributed by atoms with Crippen molar-refractivity contribution in [2.45, 2.75) is 40.0 Å². The molecule has 2 bridgehead atoms. The lowest BCUT2D eigenvalue weighted by Gasteiger charge is -2.34. The zero-order valence-electron chi connectivity index (χ0n) is 10.2. The van der Waals surface area contributed by atoms with Crippen LogP contribution < -0.4 is 11.5 Å². The Morgan fingerprint density at radius 2 is 1.94 bits per heavy atom. The fourth-order valence-electron chi connectivity index (χ4n) is 3.20. The maximum absolute atomic E-state index is 5.30. The Kier molecular flexibility index (Phi) is 3.25. The molecule has 0 aromatic rings. The van der Waals surface area contributed by atoms with Crippen LogP contribution >= 0.6 is 12.4 Å². The Labute approximate surface area is 103 Å². The largest absolute Gasteiger partial charge is 0.369 e. The van der Waals surface area contributed by atoms with Gasteiger partial charge in [-0.25, -0.2) is 0 Å². The zero-order chi connectivity index (χ0) is 11.3. The Hall–Kier alpha value is -0.770. The number of rotatable bonds is 1. The van der Waals surface area contributed by atoms with Crippen molar-refractivity contribution in [3.05, 3.63) is 0 Å². The molecule has 0 spiro atoms. The van der Waals surface area contributed by atoms with Gasteiger partial charge in [-0.2, -0.15) is 5.10 Å². The van der Waals surface area contributed by atoms with Crippen molar-refractivity contribution in [3.8, 4) is 0 Å². The molecule has 2 aliphatic rings. The number of hydrogen-bond acceptors (Lipinski definition) is 2. The van der Waals surface area contributed by atoms with Crippen LogP contribution in [0.3, 0.4) is 0 Å². The minimum Gasteiger partial charge on any atom is -0.369 e. The van der Waals surface area contributed by atoms with Crippen LogP contribution in [0.1, 0.15) is 40.0 Å². The standard InChI is InChI=1S/C11H20N4.ClH/c1-10(2)7-4-5-11(10,3)8(6-7)14-15-9(12)13;/h7H,4-6H2,1-3H3,(H4,12,13,15);1H/b14-8+;. The van der Waals surface area contributed by atoms with Crippen molar-refractivity contribution < 1.29 is 0 Å². The van der Waals surface area contributed by atoms with Gasteiger partial charge < -0.3 is 11.5 Å². The highest BCUT2D eigenvalue weighted by atomic mass is 35.5. The van der Waals surface area contributed by atoms with E-state index in [1.54, 1.807) is 0 Å². The van der Waals surface area contributed by atoms with Gasteiger partial charge in [0.1, 0.15) is 0 Å². The fraction of sp³-hybridized carbons (Fsp3) is 0.818. The molecule has 2 unspecified atom stereocenters. The molecule has 0 amide bonds. The molecule has 2 rings (SSSR count). The van der Waals surface area contributed by atoms with E-state index in [4.69, 9.17) is 11.5 Å². The van der Waals surface area contributed by atoms with Gasteiger partial charge in [0.15, 0.2) is 0 Å². The molecule has 0 aliphatic heterocycles. The van der Waals surface area contributed by atoms with Crippen LogP contribution in [0, 0.1) is 16.7 Å². The molecule has 0 aromatic carbocycles. The highest BCUT2D eigenvalue weighted by Crippen LogP contribution is 2.63. The molecule has 2 fully saturated rings. The first-order valence-electron chi connectivity index (χ1n) is 5.54. The number of nitrogens with two attached hydrogens (primary N) is 2. The fourth-order valence-corrected chi connectivity index (χ4v) is 3.20. The first-order valence-corrected chi connectivity index (χ1v) is 5.54. The summed E-state index contributed by atoms with van der Waals surface area (Å²) in [5.41, 5.74) is 12.3. The van der Waals surface area contributed by atoms with Crippen LogP contribution in [-0.2, 0) is 0 Å². The SMILES string of the molecule is CC12CCC(C/C1=N\N=C(N)N)C2(C)C.Cl. The summed E-state index contributed by atoms with van der Waals surface area (Å²) < 4.78 is 0. The molecule has 16 heavy (non-hydrogen) atoms. The Balaban J connectivity index is 0.00000128. The normalized spacial score (nSPS) is 37.2. The lowest BCUT2D eigenvalue weighted by Crippen LogP contribution is -2.32. The summed E-state index contributed by atoms with van der Waals surface area (Å²) in [4.78, 5) is 0. The van der Waals surface area contributed by atoms with Gasteiger partial charge in [0.25, 0.3) is 0 Å². The first kappa shape index (κ1) is 13.3. The topological polar surface area (TPSA) is 76.8 Å². The number of guanidine groups is 1. The zero-order valence-corrected chi connectivity index (χ0v) is 11.0. The molecule has 0 aromatic heterocycles. The van der Waals surface area contributed by atoms with Gasteiger partial charge >= 0.3 is 0 Å². The monoisotopic (exact) mass is 244 g/mol. The third kappa shape index (κ3) is 1.59. The number of hydrogen-bond donors (Lipinski definition) is 2. The molecule has 0 saturated heterocycles. The minimum atomic E-state index is 0. The van der Waals surface area contributed by atoms with Crippen LogP contribution in [-0.4, -0.2) is 11.7 Å². The summed E-state index contributed by atoms with van der Waals surface area (Å²) >= 11 is 0. The molecule has 5 heteroatoms. The summed E-state index contributed by atoms with van der Waals surface area (Å²) in [6, 6.07) is 0. The molecular weight excluding hydrogens is 224 g/mol. The summed E-state index contributed by atoms with van der Waals surface area (Å²) in [6.45, 7) is 6.96. The predicted molar refractivity (Wildman–Crippen MR) is 69.7 cm³/mol. The van der Waals surface area contributed by atoms with Crippen LogP contribution in [0.15, 0.2) is 10.2 Å². The van der Waals surface area contributed by atoms with Gasteiger partial charge in [-0.1, -0.05) is 20.8 Å². The van der Waals surface area contributed by atoms with Crippen LogP contribution in [0.5, 0.6) is 0 Å². The number of halogens is 1. The van der Waals surface area contributed by atoms with Gasteiger partial charge in [-0.3, -0.25) is 0 Å². The second kappa shape index (κ2) is 3.91. The van der Waals surface area contributed by atoms with E-state index in [0.29, 0.717) is 5.41 Å². The third-order valence-electron chi connectivity index (χ3n) is 4.80. The van der Waals surface area contributed by atoms with E-state index < -0.39 is 0 Å². The maximum atomic E-state index is 5.30. The van der Waals surface area contributed by atoms with E-state index in [9.17, 15) is 0 Å². The molecule has 0 heterocycles. The van der Waals surface area contributed by atoms with E-state index >= 15 is 0 Å². The second-order valence-corrected chi connectivity index (χ2v) is 5.57. The van der Waals surface area contributed by atoms with Gasteiger partial charge in [-0.05, 0) is 30.6 Å². The van der Waals surface area contributed by atoms with Crippen molar-refractivity contribution in [1.29, 1.82) is 0 Å². The minimum absolute atomic E-state index is 0. The van der Waals surface area contributed by atoms with Gasteiger partial charge in [-0.15, -0.1) is 17.5 Å². The molecule has 2 saturated carbocycles. The highest BCUT2D eigenvalue weighted by Gasteiger charge is 2.59. The van der Waals surface area contributed by atoms with E-state index in [-0.39, 0.29) is 23.8 Å². The number of nitrogens with zero attached hydrogens (tertiary/aromatic N) is 2. The van der Waals surface area contributed by atoms with Crippen LogP contribution in [0.4, 0.5) is 0 Å². The molecule has 4 N–H and O–H groups in total. The van der Waals surface area contributed by atoms with E-state index in [0.717, 1.165) is 12.3 Å². The first-order chi connectivity index (χ1) is 6.88. The predicted octanol–water partition coefficient (Wildman–Crippen LogP) is 1.88. The molecule has 4 nitrogen and oxygen atoms in total. The average Bonchev–Trinajstić information content (AvgIpc) is 2.46. The van der Waals surface area contributed by atoms with Crippen molar-refractivity contribution in [3.63, 3.8) is 0 Å². The highest BCUT2D eigenvalue weighted by molar-refractivity contribution is 5.94. The van der Waals surface area contributed by atoms with Crippen molar-refractivity contribution in [2.24, 2.45) is 38.4 Å². The Bertz CT molecular complexity index is 344. The molecule has 2 aliphatic carbocycles. The second-order valence-electron chi connectivity index (χ2n) is 5.57. The van der Waals surface area contributed by atoms with E-state index in [2.05, 4.69) is 31.0 Å². The average molecular weight is 245 g/mol. The van der Waals surface area contributed by atoms with Crippen LogP contribution in [0.25, 0.3) is 0 Å². The summed E-state index contributed by atoms with van der Waals surface area (Å²) in [5, 5.41) is 8.02. The molecule has 0 radical (unpaired) electrons. The Morgan fingerprint density at radius 1 is 1.31 bits per heavy atom. The smallest absolute Gasteiger partial charge is 0.211 e. The van der Waals surface area contributed by atoms with Crippen LogP contribution in [0.2, 0.25) is 0 Å². The van der Waals surface area contributed by atoms with Gasteiger partial charge in [0.05, 0.1) is 0 Å². The van der Waals surface area contributed by atoms with Gasteiger partial charge in [0.2, 0.25) is 5.96 Å². The third-order valence-corrected chi connectivity index (χ3v) is 4.80. The van der Waals surface area contributed by atoms with Crippen molar-refractivity contribution in [1.82, 2.24) is 0 Å². The van der Waals surface area contributed by atoms with Gasteiger partial charge in [0, 0.05) is 11.1 Å². The number of fused-ring (bicyclic) bond motifs is 2. The molecular formula is C11H21ClN4.